The molecule has 4 rings (SSSR count). The zero-order chi connectivity index (χ0) is 19.8. The standard InChI is InChI=1S/C23H28N2O3/c1-14(2)19-12-25(13-20(28-19)16-8-5-4-6-9-16)23(27)22-15(3)21-17(24-22)10-7-11-18(21)26/h4-6,8-9,14,19-20,24H,7,10-13H2,1-3H3/t19-,20+/m1/s1. The zero-order valence-corrected chi connectivity index (χ0v) is 16.8. The third kappa shape index (κ3) is 3.39. The predicted octanol–water partition coefficient (Wildman–Crippen LogP) is 4.08. The summed E-state index contributed by atoms with van der Waals surface area (Å²) in [5.41, 5.74) is 4.11. The van der Waals surface area contributed by atoms with Crippen LogP contribution in [-0.4, -0.2) is 40.8 Å². The smallest absolute Gasteiger partial charge is 0.270 e. The van der Waals surface area contributed by atoms with E-state index in [4.69, 9.17) is 4.74 Å². The summed E-state index contributed by atoms with van der Waals surface area (Å²) in [6, 6.07) is 10.1. The minimum absolute atomic E-state index is 0.0190. The number of hydrogen-bond acceptors (Lipinski definition) is 3. The first kappa shape index (κ1) is 18.9. The number of carbonyl (C=O) groups excluding carboxylic acids is 2. The van der Waals surface area contributed by atoms with E-state index in [1.165, 1.54) is 0 Å². The fourth-order valence-electron chi connectivity index (χ4n) is 4.32. The van der Waals surface area contributed by atoms with Gasteiger partial charge in [0.1, 0.15) is 11.8 Å². The van der Waals surface area contributed by atoms with Gasteiger partial charge in [-0.1, -0.05) is 44.2 Å². The van der Waals surface area contributed by atoms with Gasteiger partial charge in [-0.15, -0.1) is 0 Å². The molecule has 0 saturated carbocycles. The van der Waals surface area contributed by atoms with Crippen LogP contribution in [0.3, 0.4) is 0 Å². The zero-order valence-electron chi connectivity index (χ0n) is 16.8. The quantitative estimate of drug-likeness (QED) is 0.873. The lowest BCUT2D eigenvalue weighted by Gasteiger charge is -2.40. The van der Waals surface area contributed by atoms with Crippen LogP contribution in [0.25, 0.3) is 0 Å². The molecule has 2 atom stereocenters. The Bertz CT molecular complexity index is 885. The summed E-state index contributed by atoms with van der Waals surface area (Å²) in [7, 11) is 0. The average molecular weight is 380 g/mol. The van der Waals surface area contributed by atoms with Gasteiger partial charge in [-0.2, -0.15) is 0 Å². The van der Waals surface area contributed by atoms with Crippen LogP contribution < -0.4 is 0 Å². The molecule has 2 aliphatic rings. The molecule has 1 aromatic heterocycles. The lowest BCUT2D eigenvalue weighted by atomic mass is 9.93. The first-order chi connectivity index (χ1) is 13.5. The van der Waals surface area contributed by atoms with Crippen molar-refractivity contribution in [3.05, 3.63) is 58.4 Å². The summed E-state index contributed by atoms with van der Waals surface area (Å²) in [5, 5.41) is 0. The Balaban J connectivity index is 1.64. The molecule has 1 N–H and O–H groups in total. The Hall–Kier alpha value is -2.40. The number of aromatic amines is 1. The second kappa shape index (κ2) is 7.55. The summed E-state index contributed by atoms with van der Waals surface area (Å²) in [6.45, 7) is 7.22. The monoisotopic (exact) mass is 380 g/mol. The number of aryl methyl sites for hydroxylation is 1. The second-order valence-electron chi connectivity index (χ2n) is 8.28. The van der Waals surface area contributed by atoms with Crippen LogP contribution >= 0.6 is 0 Å². The fraction of sp³-hybridized carbons (Fsp3) is 0.478. The number of H-pyrrole nitrogens is 1. The summed E-state index contributed by atoms with van der Waals surface area (Å²) < 4.78 is 6.32. The van der Waals surface area contributed by atoms with E-state index in [1.807, 2.05) is 42.2 Å². The van der Waals surface area contributed by atoms with Crippen molar-refractivity contribution in [3.8, 4) is 0 Å². The maximum absolute atomic E-state index is 13.4. The molecule has 1 saturated heterocycles. The first-order valence-electron chi connectivity index (χ1n) is 10.2. The number of amides is 1. The molecule has 0 bridgehead atoms. The number of carbonyl (C=O) groups is 2. The number of rotatable bonds is 3. The van der Waals surface area contributed by atoms with Gasteiger partial charge in [0, 0.05) is 24.2 Å². The normalized spacial score (nSPS) is 22.4. The van der Waals surface area contributed by atoms with E-state index < -0.39 is 0 Å². The molecule has 0 radical (unpaired) electrons. The highest BCUT2D eigenvalue weighted by Gasteiger charge is 2.35. The third-order valence-corrected chi connectivity index (χ3v) is 5.98. The molecule has 1 fully saturated rings. The Labute approximate surface area is 166 Å². The summed E-state index contributed by atoms with van der Waals surface area (Å²) in [5.74, 6) is 0.425. The van der Waals surface area contributed by atoms with E-state index in [9.17, 15) is 9.59 Å². The number of Topliss-reactive ketones (excluding diaryl/α,β-unsaturated/α-hetero) is 1. The molecule has 2 aromatic rings. The molecule has 5 heteroatoms. The topological polar surface area (TPSA) is 62.4 Å². The van der Waals surface area contributed by atoms with E-state index in [0.717, 1.165) is 35.2 Å². The second-order valence-corrected chi connectivity index (χ2v) is 8.28. The molecular formula is C23H28N2O3. The summed E-state index contributed by atoms with van der Waals surface area (Å²) >= 11 is 0. The van der Waals surface area contributed by atoms with E-state index in [1.54, 1.807) is 0 Å². The van der Waals surface area contributed by atoms with Gasteiger partial charge in [0.05, 0.1) is 12.6 Å². The number of aromatic nitrogens is 1. The molecular weight excluding hydrogens is 352 g/mol. The molecule has 1 aromatic carbocycles. The SMILES string of the molecule is Cc1c(C(=O)N2C[C@@H](c3ccccc3)O[C@@H](C(C)C)C2)[nH]c2c1C(=O)CCC2. The maximum atomic E-state index is 13.4. The molecule has 0 unspecified atom stereocenters. The Morgan fingerprint density at radius 3 is 2.61 bits per heavy atom. The van der Waals surface area contributed by atoms with Crippen LogP contribution in [0, 0.1) is 12.8 Å². The summed E-state index contributed by atoms with van der Waals surface area (Å²) in [4.78, 5) is 30.9. The number of ketones is 1. The van der Waals surface area contributed by atoms with Gasteiger partial charge in [-0.3, -0.25) is 9.59 Å². The molecule has 28 heavy (non-hydrogen) atoms. The van der Waals surface area contributed by atoms with Gasteiger partial charge in [0.2, 0.25) is 0 Å². The number of nitrogens with zero attached hydrogens (tertiary/aromatic N) is 1. The minimum atomic E-state index is -0.141. The van der Waals surface area contributed by atoms with Crippen molar-refractivity contribution in [2.75, 3.05) is 13.1 Å². The number of ether oxygens (including phenoxy) is 1. The lowest BCUT2D eigenvalue weighted by Crippen LogP contribution is -2.48. The van der Waals surface area contributed by atoms with Crippen LogP contribution in [0.2, 0.25) is 0 Å². The van der Waals surface area contributed by atoms with Gasteiger partial charge in [-0.25, -0.2) is 0 Å². The Morgan fingerprint density at radius 1 is 1.18 bits per heavy atom. The van der Waals surface area contributed by atoms with Gasteiger partial charge >= 0.3 is 0 Å². The number of hydrogen-bond donors (Lipinski definition) is 1. The largest absolute Gasteiger partial charge is 0.366 e. The molecule has 2 heterocycles. The van der Waals surface area contributed by atoms with Crippen molar-refractivity contribution in [3.63, 3.8) is 0 Å². The van der Waals surface area contributed by atoms with Crippen molar-refractivity contribution >= 4 is 11.7 Å². The minimum Gasteiger partial charge on any atom is -0.366 e. The number of morpholine rings is 1. The molecule has 1 amide bonds. The van der Waals surface area contributed by atoms with Crippen molar-refractivity contribution in [2.24, 2.45) is 5.92 Å². The van der Waals surface area contributed by atoms with Crippen molar-refractivity contribution < 1.29 is 14.3 Å². The van der Waals surface area contributed by atoms with E-state index in [0.29, 0.717) is 31.1 Å². The van der Waals surface area contributed by atoms with Crippen LogP contribution in [-0.2, 0) is 11.2 Å². The highest BCUT2D eigenvalue weighted by atomic mass is 16.5. The highest BCUT2D eigenvalue weighted by molar-refractivity contribution is 6.04. The van der Waals surface area contributed by atoms with Gasteiger partial charge in [0.25, 0.3) is 5.91 Å². The van der Waals surface area contributed by atoms with E-state index in [-0.39, 0.29) is 23.9 Å². The molecule has 1 aliphatic carbocycles. The average Bonchev–Trinajstić information content (AvgIpc) is 3.05. The van der Waals surface area contributed by atoms with Crippen LogP contribution in [0.15, 0.2) is 30.3 Å². The lowest BCUT2D eigenvalue weighted by molar-refractivity contribution is -0.0955. The van der Waals surface area contributed by atoms with E-state index >= 15 is 0 Å². The highest BCUT2D eigenvalue weighted by Crippen LogP contribution is 2.31. The Morgan fingerprint density at radius 2 is 1.93 bits per heavy atom. The molecule has 148 valence electrons. The predicted molar refractivity (Wildman–Crippen MR) is 108 cm³/mol. The number of benzene rings is 1. The van der Waals surface area contributed by atoms with Crippen molar-refractivity contribution in [1.82, 2.24) is 9.88 Å². The number of fused-ring (bicyclic) bond motifs is 1. The van der Waals surface area contributed by atoms with Crippen LogP contribution in [0.1, 0.15) is 70.5 Å². The van der Waals surface area contributed by atoms with Crippen LogP contribution in [0.4, 0.5) is 0 Å². The van der Waals surface area contributed by atoms with E-state index in [2.05, 4.69) is 18.8 Å². The Kier molecular flexibility index (Phi) is 5.11. The maximum Gasteiger partial charge on any atom is 0.270 e. The molecule has 0 spiro atoms. The van der Waals surface area contributed by atoms with Crippen molar-refractivity contribution in [1.29, 1.82) is 0 Å². The fourth-order valence-corrected chi connectivity index (χ4v) is 4.32. The van der Waals surface area contributed by atoms with Gasteiger partial charge in [-0.05, 0) is 36.8 Å². The van der Waals surface area contributed by atoms with Crippen molar-refractivity contribution in [2.45, 2.75) is 52.2 Å². The third-order valence-electron chi connectivity index (χ3n) is 5.98. The number of nitrogens with one attached hydrogen (secondary N) is 1. The summed E-state index contributed by atoms with van der Waals surface area (Å²) in [6.07, 6.45) is 2.09. The molecule has 1 aliphatic heterocycles. The molecule has 5 nitrogen and oxygen atoms in total. The van der Waals surface area contributed by atoms with Crippen LogP contribution in [0.5, 0.6) is 0 Å². The van der Waals surface area contributed by atoms with Gasteiger partial charge < -0.3 is 14.6 Å². The first-order valence-corrected chi connectivity index (χ1v) is 10.2. The van der Waals surface area contributed by atoms with Gasteiger partial charge in [0.15, 0.2) is 5.78 Å².